The average molecular weight is 378 g/mol. The molecule has 0 spiro atoms. The van der Waals surface area contributed by atoms with Crippen molar-refractivity contribution in [2.75, 3.05) is 0 Å². The van der Waals surface area contributed by atoms with Crippen molar-refractivity contribution in [2.24, 2.45) is 0 Å². The molecule has 0 fully saturated rings. The zero-order valence-electron chi connectivity index (χ0n) is 16.2. The summed E-state index contributed by atoms with van der Waals surface area (Å²) in [5.74, 6) is -1.37. The van der Waals surface area contributed by atoms with Crippen LogP contribution in [0.15, 0.2) is 42.1 Å². The second-order valence-corrected chi connectivity index (χ2v) is 7.40. The molecule has 0 atom stereocenters. The van der Waals surface area contributed by atoms with Gasteiger partial charge in [-0.05, 0) is 46.3 Å². The van der Waals surface area contributed by atoms with Crippen molar-refractivity contribution in [1.29, 1.82) is 0 Å². The number of rotatable bonds is 6. The molecule has 0 saturated heterocycles. The minimum Gasteiger partial charge on any atom is -0.477 e. The Hall–Kier alpha value is -3.03. The molecule has 0 heterocycles. The number of alkyl carbamates (subject to hydrolysis) is 2. The highest BCUT2D eigenvalue weighted by Gasteiger charge is 2.24. The number of amides is 2. The summed E-state index contributed by atoms with van der Waals surface area (Å²) in [6, 6.07) is 9.12. The topological polar surface area (TPSA) is 114 Å². The first-order valence-corrected chi connectivity index (χ1v) is 8.33. The van der Waals surface area contributed by atoms with E-state index < -0.39 is 35.0 Å². The number of carbonyl (C=O) groups is 3. The molecule has 1 aromatic rings. The number of nitrogens with one attached hydrogen (secondary N) is 2. The number of benzene rings is 1. The lowest BCUT2D eigenvalue weighted by molar-refractivity contribution is -0.133. The fourth-order valence-electron chi connectivity index (χ4n) is 1.98. The maximum absolute atomic E-state index is 12.0. The number of carboxylic acids is 1. The summed E-state index contributed by atoms with van der Waals surface area (Å²) >= 11 is 0. The molecule has 0 aliphatic rings. The third kappa shape index (κ3) is 9.29. The van der Waals surface area contributed by atoms with Crippen molar-refractivity contribution in [2.45, 2.75) is 52.4 Å². The summed E-state index contributed by atoms with van der Waals surface area (Å²) in [5.41, 5.74) is -1.48. The summed E-state index contributed by atoms with van der Waals surface area (Å²) in [4.78, 5) is 35.2. The fourth-order valence-corrected chi connectivity index (χ4v) is 1.98. The van der Waals surface area contributed by atoms with Crippen LogP contribution in [0.5, 0.6) is 0 Å². The predicted octanol–water partition coefficient (Wildman–Crippen LogP) is 3.18. The van der Waals surface area contributed by atoms with E-state index in [4.69, 9.17) is 9.47 Å². The second kappa shape index (κ2) is 9.07. The zero-order chi connectivity index (χ0) is 20.7. The van der Waals surface area contributed by atoms with E-state index >= 15 is 0 Å². The van der Waals surface area contributed by atoms with Crippen LogP contribution in [0.4, 0.5) is 9.59 Å². The standard InChI is InChI=1S/C19H26N2O6/c1-18(2,3)27-16(24)20-14(15(22)23)11-19(4,5)21-17(25)26-12-13-9-7-6-8-10-13/h6-11H,12H2,1-5H3,(H,20,24)(H,21,25)(H,22,23). The van der Waals surface area contributed by atoms with Crippen molar-refractivity contribution in [3.8, 4) is 0 Å². The third-order valence-electron chi connectivity index (χ3n) is 3.01. The molecule has 0 bridgehead atoms. The van der Waals surface area contributed by atoms with E-state index in [9.17, 15) is 19.5 Å². The van der Waals surface area contributed by atoms with Crippen LogP contribution in [-0.2, 0) is 20.9 Å². The molecule has 3 N–H and O–H groups in total. The number of carbonyl (C=O) groups excluding carboxylic acids is 2. The van der Waals surface area contributed by atoms with Crippen LogP contribution in [-0.4, -0.2) is 34.4 Å². The number of hydrogen-bond donors (Lipinski definition) is 3. The van der Waals surface area contributed by atoms with Crippen LogP contribution in [0, 0.1) is 0 Å². The molecule has 8 nitrogen and oxygen atoms in total. The van der Waals surface area contributed by atoms with Crippen molar-refractivity contribution in [3.05, 3.63) is 47.7 Å². The minimum absolute atomic E-state index is 0.0778. The summed E-state index contributed by atoms with van der Waals surface area (Å²) in [7, 11) is 0. The van der Waals surface area contributed by atoms with Crippen molar-refractivity contribution in [1.82, 2.24) is 10.6 Å². The van der Waals surface area contributed by atoms with Crippen LogP contribution in [0.3, 0.4) is 0 Å². The Labute approximate surface area is 158 Å². The molecular weight excluding hydrogens is 352 g/mol. The van der Waals surface area contributed by atoms with Gasteiger partial charge in [0.25, 0.3) is 0 Å². The van der Waals surface area contributed by atoms with Crippen molar-refractivity contribution < 1.29 is 29.0 Å². The van der Waals surface area contributed by atoms with Gasteiger partial charge in [0, 0.05) is 0 Å². The zero-order valence-corrected chi connectivity index (χ0v) is 16.2. The van der Waals surface area contributed by atoms with Gasteiger partial charge >= 0.3 is 18.2 Å². The lowest BCUT2D eigenvalue weighted by atomic mass is 10.0. The first-order valence-electron chi connectivity index (χ1n) is 8.33. The molecule has 2 amide bonds. The van der Waals surface area contributed by atoms with Gasteiger partial charge in [-0.15, -0.1) is 0 Å². The molecule has 0 unspecified atom stereocenters. The van der Waals surface area contributed by atoms with Gasteiger partial charge in [-0.25, -0.2) is 14.4 Å². The summed E-state index contributed by atoms with van der Waals surface area (Å²) in [5, 5.41) is 14.0. The van der Waals surface area contributed by atoms with E-state index in [0.717, 1.165) is 5.56 Å². The number of carboxylic acid groups (broad SMARTS) is 1. The number of ether oxygens (including phenoxy) is 2. The molecule has 148 valence electrons. The lowest BCUT2D eigenvalue weighted by Gasteiger charge is -2.24. The average Bonchev–Trinajstić information content (AvgIpc) is 2.50. The number of aliphatic carboxylic acids is 1. The minimum atomic E-state index is -1.37. The van der Waals surface area contributed by atoms with Crippen LogP contribution in [0.2, 0.25) is 0 Å². The molecule has 0 aliphatic carbocycles. The Morgan fingerprint density at radius 2 is 1.63 bits per heavy atom. The van der Waals surface area contributed by atoms with E-state index in [0.29, 0.717) is 0 Å². The Morgan fingerprint density at radius 1 is 1.04 bits per heavy atom. The maximum atomic E-state index is 12.0. The molecule has 8 heteroatoms. The summed E-state index contributed by atoms with van der Waals surface area (Å²) < 4.78 is 10.1. The third-order valence-corrected chi connectivity index (χ3v) is 3.01. The van der Waals surface area contributed by atoms with Crippen LogP contribution < -0.4 is 10.6 Å². The Bertz CT molecular complexity index is 705. The maximum Gasteiger partial charge on any atom is 0.412 e. The molecule has 0 radical (unpaired) electrons. The lowest BCUT2D eigenvalue weighted by Crippen LogP contribution is -2.44. The van der Waals surface area contributed by atoms with E-state index in [-0.39, 0.29) is 6.61 Å². The van der Waals surface area contributed by atoms with Crippen LogP contribution >= 0.6 is 0 Å². The van der Waals surface area contributed by atoms with Gasteiger partial charge in [0.05, 0.1) is 5.54 Å². The normalized spacial score (nSPS) is 12.1. The molecule has 0 aromatic heterocycles. The molecule has 1 rings (SSSR count). The highest BCUT2D eigenvalue weighted by molar-refractivity contribution is 5.91. The quantitative estimate of drug-likeness (QED) is 0.655. The van der Waals surface area contributed by atoms with Crippen molar-refractivity contribution >= 4 is 18.2 Å². The largest absolute Gasteiger partial charge is 0.477 e. The fraction of sp³-hybridized carbons (Fsp3) is 0.421. The van der Waals surface area contributed by atoms with Gasteiger partial charge < -0.3 is 19.9 Å². The van der Waals surface area contributed by atoms with Gasteiger partial charge in [-0.1, -0.05) is 30.3 Å². The smallest absolute Gasteiger partial charge is 0.412 e. The number of hydrogen-bond acceptors (Lipinski definition) is 5. The van der Waals surface area contributed by atoms with Crippen LogP contribution in [0.25, 0.3) is 0 Å². The Morgan fingerprint density at radius 3 is 2.15 bits per heavy atom. The van der Waals surface area contributed by atoms with E-state index in [2.05, 4.69) is 10.6 Å². The van der Waals surface area contributed by atoms with E-state index in [1.165, 1.54) is 6.08 Å². The molecule has 27 heavy (non-hydrogen) atoms. The van der Waals surface area contributed by atoms with Gasteiger partial charge in [-0.2, -0.15) is 0 Å². The molecule has 0 aliphatic heterocycles. The molecular formula is C19H26N2O6. The molecule has 0 saturated carbocycles. The van der Waals surface area contributed by atoms with E-state index in [1.807, 2.05) is 30.3 Å². The Balaban J connectivity index is 2.72. The highest BCUT2D eigenvalue weighted by Crippen LogP contribution is 2.11. The first-order chi connectivity index (χ1) is 12.4. The summed E-state index contributed by atoms with van der Waals surface area (Å²) in [6.07, 6.45) is -0.427. The summed E-state index contributed by atoms with van der Waals surface area (Å²) in [6.45, 7) is 8.18. The highest BCUT2D eigenvalue weighted by atomic mass is 16.6. The second-order valence-electron chi connectivity index (χ2n) is 7.40. The van der Waals surface area contributed by atoms with Crippen molar-refractivity contribution in [3.63, 3.8) is 0 Å². The predicted molar refractivity (Wildman–Crippen MR) is 98.9 cm³/mol. The molecule has 1 aromatic carbocycles. The van der Waals surface area contributed by atoms with Gasteiger partial charge in [0.1, 0.15) is 17.9 Å². The Kier molecular flexibility index (Phi) is 7.39. The van der Waals surface area contributed by atoms with Gasteiger partial charge in [0.2, 0.25) is 0 Å². The van der Waals surface area contributed by atoms with Gasteiger partial charge in [-0.3, -0.25) is 5.32 Å². The first kappa shape index (κ1) is 22.0. The SMILES string of the molecule is CC(C)(C=C(NC(=O)OC(C)(C)C)C(=O)O)NC(=O)OCc1ccccc1. The monoisotopic (exact) mass is 378 g/mol. The van der Waals surface area contributed by atoms with E-state index in [1.54, 1.807) is 34.6 Å². The van der Waals surface area contributed by atoms with Crippen LogP contribution in [0.1, 0.15) is 40.2 Å². The van der Waals surface area contributed by atoms with Gasteiger partial charge in [0.15, 0.2) is 0 Å².